The molecule has 7 heteroatoms. The first-order valence-corrected chi connectivity index (χ1v) is 8.65. The fraction of sp³-hybridized carbons (Fsp3) is 0.500. The predicted molar refractivity (Wildman–Crippen MR) is 90.2 cm³/mol. The minimum atomic E-state index is 0.615. The standard InChI is InChI=1S/C14H21N5S2/c1-4-15-14(19-9-13-18-8-11(3)21-13)16-6-5-12-17-7-10(2)20-12/h7-8H,4-6,9H2,1-3H3,(H2,15,16,19). The van der Waals surface area contributed by atoms with Gasteiger partial charge in [0.25, 0.3) is 0 Å². The maximum Gasteiger partial charge on any atom is 0.191 e. The zero-order chi connectivity index (χ0) is 15.1. The minimum absolute atomic E-state index is 0.615. The van der Waals surface area contributed by atoms with Crippen molar-refractivity contribution in [3.8, 4) is 0 Å². The molecule has 0 fully saturated rings. The van der Waals surface area contributed by atoms with Crippen molar-refractivity contribution in [3.05, 3.63) is 32.2 Å². The lowest BCUT2D eigenvalue weighted by molar-refractivity contribution is 0.796. The number of aromatic nitrogens is 2. The molecule has 5 nitrogen and oxygen atoms in total. The molecule has 0 atom stereocenters. The van der Waals surface area contributed by atoms with E-state index in [1.54, 1.807) is 22.7 Å². The highest BCUT2D eigenvalue weighted by Crippen LogP contribution is 2.12. The van der Waals surface area contributed by atoms with Gasteiger partial charge in [0.05, 0.1) is 11.6 Å². The summed E-state index contributed by atoms with van der Waals surface area (Å²) in [4.78, 5) is 15.7. The largest absolute Gasteiger partial charge is 0.357 e. The molecule has 2 rings (SSSR count). The number of nitrogens with zero attached hydrogens (tertiary/aromatic N) is 3. The van der Waals surface area contributed by atoms with Crippen LogP contribution in [0.15, 0.2) is 17.4 Å². The van der Waals surface area contributed by atoms with Gasteiger partial charge in [-0.1, -0.05) is 0 Å². The summed E-state index contributed by atoms with van der Waals surface area (Å²) in [6, 6.07) is 0. The van der Waals surface area contributed by atoms with Crippen LogP contribution in [0.1, 0.15) is 26.7 Å². The Kier molecular flexibility index (Phi) is 6.13. The van der Waals surface area contributed by atoms with Crippen LogP contribution in [0.4, 0.5) is 0 Å². The Morgan fingerprint density at radius 3 is 2.33 bits per heavy atom. The van der Waals surface area contributed by atoms with Crippen molar-refractivity contribution >= 4 is 28.6 Å². The maximum absolute atomic E-state index is 4.56. The highest BCUT2D eigenvalue weighted by molar-refractivity contribution is 7.11. The van der Waals surface area contributed by atoms with E-state index in [1.165, 1.54) is 9.75 Å². The van der Waals surface area contributed by atoms with Crippen LogP contribution in [-0.4, -0.2) is 29.0 Å². The Hall–Kier alpha value is -1.47. The third-order valence-electron chi connectivity index (χ3n) is 2.69. The lowest BCUT2D eigenvalue weighted by Crippen LogP contribution is -2.38. The number of rotatable bonds is 6. The third kappa shape index (κ3) is 5.43. The Bertz CT molecular complexity index is 588. The van der Waals surface area contributed by atoms with Crippen molar-refractivity contribution in [2.45, 2.75) is 33.7 Å². The van der Waals surface area contributed by atoms with E-state index in [-0.39, 0.29) is 0 Å². The second-order valence-electron chi connectivity index (χ2n) is 4.60. The maximum atomic E-state index is 4.56. The average Bonchev–Trinajstić information content (AvgIpc) is 3.05. The molecule has 0 saturated heterocycles. The Labute approximate surface area is 133 Å². The SMILES string of the molecule is CCNC(=NCc1ncc(C)s1)NCCc1ncc(C)s1. The average molecular weight is 323 g/mol. The fourth-order valence-electron chi connectivity index (χ4n) is 1.77. The van der Waals surface area contributed by atoms with Gasteiger partial charge in [-0.2, -0.15) is 0 Å². The van der Waals surface area contributed by atoms with E-state index in [4.69, 9.17) is 0 Å². The highest BCUT2D eigenvalue weighted by Gasteiger charge is 2.02. The number of aryl methyl sites for hydroxylation is 2. The van der Waals surface area contributed by atoms with Gasteiger partial charge in [0, 0.05) is 41.7 Å². The molecular formula is C14H21N5S2. The van der Waals surface area contributed by atoms with E-state index in [0.29, 0.717) is 6.54 Å². The Morgan fingerprint density at radius 2 is 1.76 bits per heavy atom. The molecule has 0 radical (unpaired) electrons. The summed E-state index contributed by atoms with van der Waals surface area (Å²) in [5.41, 5.74) is 0. The number of hydrogen-bond acceptors (Lipinski definition) is 5. The third-order valence-corrected chi connectivity index (χ3v) is 4.56. The molecule has 0 amide bonds. The van der Waals surface area contributed by atoms with Gasteiger partial charge in [0.2, 0.25) is 0 Å². The van der Waals surface area contributed by atoms with Crippen molar-refractivity contribution in [2.75, 3.05) is 13.1 Å². The molecule has 114 valence electrons. The number of nitrogens with one attached hydrogen (secondary N) is 2. The summed E-state index contributed by atoms with van der Waals surface area (Å²) in [6.07, 6.45) is 4.73. The Morgan fingerprint density at radius 1 is 1.10 bits per heavy atom. The van der Waals surface area contributed by atoms with Gasteiger partial charge >= 0.3 is 0 Å². The molecule has 21 heavy (non-hydrogen) atoms. The lowest BCUT2D eigenvalue weighted by Gasteiger charge is -2.10. The normalized spacial score (nSPS) is 11.7. The summed E-state index contributed by atoms with van der Waals surface area (Å²) in [6.45, 7) is 8.49. The van der Waals surface area contributed by atoms with E-state index in [0.717, 1.165) is 35.5 Å². The zero-order valence-corrected chi connectivity index (χ0v) is 14.3. The second-order valence-corrected chi connectivity index (χ2v) is 7.24. The molecule has 0 bridgehead atoms. The first-order valence-electron chi connectivity index (χ1n) is 7.02. The van der Waals surface area contributed by atoms with Gasteiger partial charge in [-0.3, -0.25) is 0 Å². The second kappa shape index (κ2) is 8.09. The smallest absolute Gasteiger partial charge is 0.191 e. The van der Waals surface area contributed by atoms with Gasteiger partial charge in [-0.15, -0.1) is 22.7 Å². The molecule has 2 N–H and O–H groups in total. The first-order chi connectivity index (χ1) is 10.2. The van der Waals surface area contributed by atoms with E-state index in [9.17, 15) is 0 Å². The topological polar surface area (TPSA) is 62.2 Å². The Balaban J connectivity index is 1.83. The van der Waals surface area contributed by atoms with Gasteiger partial charge in [-0.05, 0) is 20.8 Å². The molecule has 2 aromatic rings. The number of aliphatic imine (C=N–C) groups is 1. The molecule has 2 heterocycles. The van der Waals surface area contributed by atoms with E-state index >= 15 is 0 Å². The number of guanidine groups is 1. The van der Waals surface area contributed by atoms with Gasteiger partial charge < -0.3 is 10.6 Å². The van der Waals surface area contributed by atoms with Crippen LogP contribution in [0.3, 0.4) is 0 Å². The van der Waals surface area contributed by atoms with E-state index < -0.39 is 0 Å². The van der Waals surface area contributed by atoms with Crippen LogP contribution in [-0.2, 0) is 13.0 Å². The molecule has 2 aromatic heterocycles. The van der Waals surface area contributed by atoms with Crippen molar-refractivity contribution in [2.24, 2.45) is 4.99 Å². The molecule has 0 aliphatic rings. The number of hydrogen-bond donors (Lipinski definition) is 2. The quantitative estimate of drug-likeness (QED) is 0.633. The van der Waals surface area contributed by atoms with Crippen LogP contribution in [0.2, 0.25) is 0 Å². The van der Waals surface area contributed by atoms with E-state index in [2.05, 4.69) is 46.4 Å². The van der Waals surface area contributed by atoms with Gasteiger partial charge in [-0.25, -0.2) is 15.0 Å². The molecular weight excluding hydrogens is 302 g/mol. The van der Waals surface area contributed by atoms with E-state index in [1.807, 2.05) is 12.4 Å². The van der Waals surface area contributed by atoms with Crippen LogP contribution >= 0.6 is 22.7 Å². The summed E-state index contributed by atoms with van der Waals surface area (Å²) in [5, 5.41) is 8.79. The van der Waals surface area contributed by atoms with Crippen molar-refractivity contribution in [3.63, 3.8) is 0 Å². The van der Waals surface area contributed by atoms with Gasteiger partial charge in [0.15, 0.2) is 5.96 Å². The number of thiazole rings is 2. The fourth-order valence-corrected chi connectivity index (χ4v) is 3.27. The van der Waals surface area contributed by atoms with Crippen LogP contribution in [0, 0.1) is 13.8 Å². The lowest BCUT2D eigenvalue weighted by atomic mass is 10.4. The predicted octanol–water partition coefficient (Wildman–Crippen LogP) is 2.51. The monoisotopic (exact) mass is 323 g/mol. The van der Waals surface area contributed by atoms with Gasteiger partial charge in [0.1, 0.15) is 5.01 Å². The van der Waals surface area contributed by atoms with Crippen molar-refractivity contribution in [1.82, 2.24) is 20.6 Å². The molecule has 0 aliphatic carbocycles. The zero-order valence-electron chi connectivity index (χ0n) is 12.6. The van der Waals surface area contributed by atoms with Crippen LogP contribution in [0.25, 0.3) is 0 Å². The summed E-state index contributed by atoms with van der Waals surface area (Å²) >= 11 is 3.44. The van der Waals surface area contributed by atoms with Crippen LogP contribution < -0.4 is 10.6 Å². The summed E-state index contributed by atoms with van der Waals surface area (Å²) in [7, 11) is 0. The first kappa shape index (κ1) is 15.9. The van der Waals surface area contributed by atoms with Crippen molar-refractivity contribution in [1.29, 1.82) is 0 Å². The van der Waals surface area contributed by atoms with Crippen molar-refractivity contribution < 1.29 is 0 Å². The molecule has 0 saturated carbocycles. The molecule has 0 spiro atoms. The highest BCUT2D eigenvalue weighted by atomic mass is 32.1. The molecule has 0 aromatic carbocycles. The molecule has 0 unspecified atom stereocenters. The van der Waals surface area contributed by atoms with Crippen LogP contribution in [0.5, 0.6) is 0 Å². The molecule has 0 aliphatic heterocycles. The minimum Gasteiger partial charge on any atom is -0.357 e. The summed E-state index contributed by atoms with van der Waals surface area (Å²) < 4.78 is 0. The summed E-state index contributed by atoms with van der Waals surface area (Å²) in [5.74, 6) is 0.832.